The van der Waals surface area contributed by atoms with Gasteiger partial charge in [-0.2, -0.15) is 0 Å². The minimum Gasteiger partial charge on any atom is -0.481 e. The Bertz CT molecular complexity index is 1900. The minimum atomic E-state index is -3.96. The van der Waals surface area contributed by atoms with E-state index >= 15 is 0 Å². The van der Waals surface area contributed by atoms with Crippen LogP contribution in [-0.2, 0) is 21.4 Å². The predicted octanol–water partition coefficient (Wildman–Crippen LogP) is 7.60. The Labute approximate surface area is 287 Å². The van der Waals surface area contributed by atoms with Crippen molar-refractivity contribution in [1.29, 1.82) is 0 Å². The topological polar surface area (TPSA) is 145 Å². The van der Waals surface area contributed by atoms with Crippen molar-refractivity contribution in [2.75, 3.05) is 21.5 Å². The zero-order valence-electron chi connectivity index (χ0n) is 27.7. The summed E-state index contributed by atoms with van der Waals surface area (Å²) in [4.78, 5) is 38.9. The molecule has 1 fully saturated rings. The third kappa shape index (κ3) is 9.26. The summed E-state index contributed by atoms with van der Waals surface area (Å²) in [7, 11) is -3.96. The van der Waals surface area contributed by atoms with Crippen molar-refractivity contribution in [2.45, 2.75) is 69.7 Å². The average Bonchev–Trinajstić information content (AvgIpc) is 3.09. The van der Waals surface area contributed by atoms with Crippen LogP contribution in [0.25, 0.3) is 0 Å². The van der Waals surface area contributed by atoms with Crippen molar-refractivity contribution in [3.63, 3.8) is 0 Å². The lowest BCUT2D eigenvalue weighted by Crippen LogP contribution is -2.34. The molecule has 0 radical (unpaired) electrons. The van der Waals surface area contributed by atoms with Gasteiger partial charge in [0, 0.05) is 23.5 Å². The number of hydrogen-bond acceptors (Lipinski definition) is 5. The summed E-state index contributed by atoms with van der Waals surface area (Å²) in [6.45, 7) is 3.71. The lowest BCUT2D eigenvalue weighted by molar-refractivity contribution is -0.136. The van der Waals surface area contributed by atoms with Gasteiger partial charge in [-0.05, 0) is 97.3 Å². The van der Waals surface area contributed by atoms with E-state index in [1.54, 1.807) is 60.4 Å². The number of nitrogens with one attached hydrogen (secondary N) is 3. The highest BCUT2D eigenvalue weighted by molar-refractivity contribution is 7.92. The Hall–Kier alpha value is -5.16. The highest BCUT2D eigenvalue weighted by atomic mass is 32.2. The highest BCUT2D eigenvalue weighted by Crippen LogP contribution is 2.34. The molecule has 0 saturated heterocycles. The number of carbonyl (C=O) groups is 3. The molecule has 4 N–H and O–H groups in total. The van der Waals surface area contributed by atoms with Gasteiger partial charge in [0.25, 0.3) is 15.9 Å². The molecule has 5 rings (SSSR count). The van der Waals surface area contributed by atoms with Crippen molar-refractivity contribution in [2.24, 2.45) is 0 Å². The number of anilines is 3. The number of aliphatic carboxylic acids is 1. The number of sulfonamides is 1. The fourth-order valence-corrected chi connectivity index (χ4v) is 7.42. The number of carboxylic acid groups (broad SMARTS) is 1. The summed E-state index contributed by atoms with van der Waals surface area (Å²) in [5.74, 6) is -0.883. The van der Waals surface area contributed by atoms with Gasteiger partial charge in [-0.15, -0.1) is 0 Å². The van der Waals surface area contributed by atoms with Crippen LogP contribution in [0.3, 0.4) is 0 Å². The number of rotatable bonds is 12. The Morgan fingerprint density at radius 1 is 0.837 bits per heavy atom. The first kappa shape index (κ1) is 35.2. The first-order chi connectivity index (χ1) is 23.5. The van der Waals surface area contributed by atoms with Gasteiger partial charge in [0.1, 0.15) is 0 Å². The molecule has 49 heavy (non-hydrogen) atoms. The zero-order chi connectivity index (χ0) is 35.0. The number of carboxylic acids is 1. The number of benzene rings is 4. The van der Waals surface area contributed by atoms with Crippen molar-refractivity contribution in [1.82, 2.24) is 5.32 Å². The predicted molar refractivity (Wildman–Crippen MR) is 192 cm³/mol. The summed E-state index contributed by atoms with van der Waals surface area (Å²) in [6, 6.07) is 26.2. The molecule has 4 aromatic carbocycles. The van der Waals surface area contributed by atoms with Gasteiger partial charge in [-0.25, -0.2) is 13.2 Å². The molecule has 1 aliphatic rings. The Kier molecular flexibility index (Phi) is 11.4. The quantitative estimate of drug-likeness (QED) is 0.121. The first-order valence-electron chi connectivity index (χ1n) is 16.5. The average molecular weight is 683 g/mol. The second-order valence-corrected chi connectivity index (χ2v) is 14.1. The maximum atomic E-state index is 14.0. The van der Waals surface area contributed by atoms with Crippen LogP contribution in [0.1, 0.15) is 77.1 Å². The number of amides is 3. The van der Waals surface area contributed by atoms with Crippen LogP contribution in [-0.4, -0.2) is 38.0 Å². The molecular weight excluding hydrogens is 641 g/mol. The van der Waals surface area contributed by atoms with Gasteiger partial charge in [-0.1, -0.05) is 67.8 Å². The SMILES string of the molecule is Cc1ccccc1NS(=O)(=O)c1cc(NC(=O)N(Cc2ccc(C(=O)NCCC(=O)O)cc2)c2ccc(C3CCCCC3)cc2)ccc1C. The molecule has 256 valence electrons. The fourth-order valence-electron chi connectivity index (χ4n) is 6.02. The monoisotopic (exact) mass is 682 g/mol. The second-order valence-electron chi connectivity index (χ2n) is 12.4. The third-order valence-electron chi connectivity index (χ3n) is 8.83. The van der Waals surface area contributed by atoms with Gasteiger partial charge in [0.15, 0.2) is 0 Å². The van der Waals surface area contributed by atoms with Gasteiger partial charge in [0.2, 0.25) is 0 Å². The van der Waals surface area contributed by atoms with Crippen molar-refractivity contribution >= 4 is 45.0 Å². The van der Waals surface area contributed by atoms with Gasteiger partial charge in [-0.3, -0.25) is 19.2 Å². The van der Waals surface area contributed by atoms with E-state index in [0.717, 1.165) is 24.0 Å². The van der Waals surface area contributed by atoms with E-state index in [9.17, 15) is 22.8 Å². The summed E-state index contributed by atoms with van der Waals surface area (Å²) in [5.41, 5.74) is 5.13. The van der Waals surface area contributed by atoms with Crippen LogP contribution >= 0.6 is 0 Å². The van der Waals surface area contributed by atoms with Crippen molar-refractivity contribution < 1.29 is 27.9 Å². The lowest BCUT2D eigenvalue weighted by Gasteiger charge is -2.26. The molecule has 0 aliphatic heterocycles. The summed E-state index contributed by atoms with van der Waals surface area (Å²) >= 11 is 0. The standard InChI is InChI=1S/C38H42N4O6S/c1-26-8-6-7-11-34(26)41-49(47,48)35-24-32(19-12-27(35)2)40-38(46)42(33-20-17-30(18-21-33)29-9-4-3-5-10-29)25-28-13-15-31(16-14-28)37(45)39-23-22-36(43)44/h6-8,11-21,24,29,41H,3-5,9-10,22-23,25H2,1-2H3,(H,39,45)(H,40,46)(H,43,44). The van der Waals surface area contributed by atoms with Crippen LogP contribution in [0.5, 0.6) is 0 Å². The Morgan fingerprint density at radius 2 is 1.53 bits per heavy atom. The number of para-hydroxylation sites is 1. The van der Waals surface area contributed by atoms with E-state index in [1.807, 2.05) is 31.2 Å². The highest BCUT2D eigenvalue weighted by Gasteiger charge is 2.22. The summed E-state index contributed by atoms with van der Waals surface area (Å²) in [5, 5.41) is 14.3. The molecule has 11 heteroatoms. The van der Waals surface area contributed by atoms with E-state index in [0.29, 0.717) is 34.1 Å². The van der Waals surface area contributed by atoms with Crippen molar-refractivity contribution in [3.05, 3.63) is 119 Å². The summed E-state index contributed by atoms with van der Waals surface area (Å²) in [6.07, 6.45) is 5.81. The Morgan fingerprint density at radius 3 is 2.20 bits per heavy atom. The van der Waals surface area contributed by atoms with E-state index in [4.69, 9.17) is 5.11 Å². The first-order valence-corrected chi connectivity index (χ1v) is 17.9. The van der Waals surface area contributed by atoms with Crippen LogP contribution in [0.15, 0.2) is 95.9 Å². The maximum absolute atomic E-state index is 14.0. The number of urea groups is 1. The van der Waals surface area contributed by atoms with Crippen molar-refractivity contribution in [3.8, 4) is 0 Å². The smallest absolute Gasteiger partial charge is 0.326 e. The maximum Gasteiger partial charge on any atom is 0.326 e. The molecule has 4 aromatic rings. The molecule has 0 aromatic heterocycles. The molecule has 10 nitrogen and oxygen atoms in total. The Balaban J connectivity index is 1.38. The molecule has 0 atom stereocenters. The molecule has 1 aliphatic carbocycles. The third-order valence-corrected chi connectivity index (χ3v) is 10.3. The molecule has 1 saturated carbocycles. The van der Waals surface area contributed by atoms with Gasteiger partial charge >= 0.3 is 12.0 Å². The van der Waals surface area contributed by atoms with E-state index < -0.39 is 22.0 Å². The van der Waals surface area contributed by atoms with E-state index in [-0.39, 0.29) is 30.3 Å². The number of carbonyl (C=O) groups excluding carboxylic acids is 2. The van der Waals surface area contributed by atoms with Crippen LogP contribution in [0.4, 0.5) is 21.9 Å². The van der Waals surface area contributed by atoms with Crippen LogP contribution < -0.4 is 20.3 Å². The van der Waals surface area contributed by atoms with Crippen LogP contribution in [0.2, 0.25) is 0 Å². The van der Waals surface area contributed by atoms with E-state index in [1.165, 1.54) is 30.9 Å². The molecular formula is C38H42N4O6S. The number of aryl methyl sites for hydroxylation is 2. The molecule has 0 unspecified atom stereocenters. The number of hydrogen-bond donors (Lipinski definition) is 4. The second kappa shape index (κ2) is 15.8. The fraction of sp³-hybridized carbons (Fsp3) is 0.289. The molecule has 0 bridgehead atoms. The lowest BCUT2D eigenvalue weighted by atomic mass is 9.84. The van der Waals surface area contributed by atoms with Gasteiger partial charge in [0.05, 0.1) is 23.5 Å². The summed E-state index contributed by atoms with van der Waals surface area (Å²) < 4.78 is 29.6. The molecule has 3 amide bonds. The molecule has 0 heterocycles. The largest absolute Gasteiger partial charge is 0.481 e. The minimum absolute atomic E-state index is 0.0186. The normalized spacial score (nSPS) is 13.3. The molecule has 0 spiro atoms. The van der Waals surface area contributed by atoms with Gasteiger partial charge < -0.3 is 15.7 Å². The van der Waals surface area contributed by atoms with Crippen LogP contribution in [0, 0.1) is 13.8 Å². The van der Waals surface area contributed by atoms with E-state index in [2.05, 4.69) is 27.5 Å². The number of nitrogens with zero attached hydrogens (tertiary/aromatic N) is 1. The zero-order valence-corrected chi connectivity index (χ0v) is 28.6.